The van der Waals surface area contributed by atoms with E-state index in [0.717, 1.165) is 15.7 Å². The molecular weight excluding hydrogens is 314 g/mol. The first kappa shape index (κ1) is 16.5. The molecule has 1 atom stereocenters. The van der Waals surface area contributed by atoms with Crippen LogP contribution in [0.3, 0.4) is 0 Å². The van der Waals surface area contributed by atoms with Gasteiger partial charge < -0.3 is 0 Å². The van der Waals surface area contributed by atoms with Crippen molar-refractivity contribution >= 4 is 0 Å². The third-order valence-electron chi connectivity index (χ3n) is 4.04. The highest BCUT2D eigenvalue weighted by molar-refractivity contribution is 5.18. The van der Waals surface area contributed by atoms with Crippen LogP contribution in [0.25, 0.3) is 0 Å². The Morgan fingerprint density at radius 3 is 2.08 bits per heavy atom. The Morgan fingerprint density at radius 2 is 1.48 bits per heavy atom. The van der Waals surface area contributed by atoms with E-state index in [1.165, 1.54) is 16.8 Å². The average molecular weight is 331 g/mol. The van der Waals surface area contributed by atoms with Crippen LogP contribution in [-0.4, -0.2) is 9.13 Å². The molecule has 0 aliphatic heterocycles. The van der Waals surface area contributed by atoms with Gasteiger partial charge in [-0.2, -0.15) is 5.26 Å². The van der Waals surface area contributed by atoms with E-state index >= 15 is 0 Å². The van der Waals surface area contributed by atoms with Crippen LogP contribution in [0.2, 0.25) is 0 Å². The zero-order chi connectivity index (χ0) is 17.6. The van der Waals surface area contributed by atoms with E-state index in [2.05, 4.69) is 6.07 Å². The van der Waals surface area contributed by atoms with E-state index in [1.807, 2.05) is 60.7 Å². The molecule has 0 N–H and O–H groups in total. The van der Waals surface area contributed by atoms with E-state index in [1.54, 1.807) is 0 Å². The maximum atomic E-state index is 12.8. The normalized spacial score (nSPS) is 11.6. The van der Waals surface area contributed by atoms with Crippen molar-refractivity contribution in [2.24, 2.45) is 0 Å². The smallest absolute Gasteiger partial charge is 0.284 e. The third kappa shape index (κ3) is 3.75. The number of benzene rings is 2. The lowest BCUT2D eigenvalue weighted by atomic mass is 10.1. The maximum absolute atomic E-state index is 12.8. The molecule has 1 aromatic heterocycles. The number of nitrogens with zero attached hydrogens (tertiary/aromatic N) is 3. The van der Waals surface area contributed by atoms with Gasteiger partial charge in [0.1, 0.15) is 6.04 Å². The molecule has 0 amide bonds. The van der Waals surface area contributed by atoms with Crippen LogP contribution < -0.4 is 11.2 Å². The number of hydrogen-bond acceptors (Lipinski definition) is 3. The van der Waals surface area contributed by atoms with E-state index < -0.39 is 11.7 Å². The van der Waals surface area contributed by atoms with Crippen molar-refractivity contribution in [2.75, 3.05) is 0 Å². The van der Waals surface area contributed by atoms with Gasteiger partial charge in [-0.05, 0) is 11.1 Å². The summed E-state index contributed by atoms with van der Waals surface area (Å²) in [6, 6.07) is 21.6. The molecule has 0 spiro atoms. The zero-order valence-electron chi connectivity index (χ0n) is 13.6. The molecule has 3 aromatic rings. The highest BCUT2D eigenvalue weighted by Gasteiger charge is 2.15. The average Bonchev–Trinajstić information content (AvgIpc) is 2.65. The summed E-state index contributed by atoms with van der Waals surface area (Å²) in [7, 11) is 0. The molecule has 124 valence electrons. The molecule has 5 heteroatoms. The fourth-order valence-electron chi connectivity index (χ4n) is 2.72. The van der Waals surface area contributed by atoms with Crippen molar-refractivity contribution in [3.63, 3.8) is 0 Å². The van der Waals surface area contributed by atoms with Gasteiger partial charge >= 0.3 is 5.69 Å². The molecule has 0 aliphatic rings. The first-order chi connectivity index (χ1) is 12.2. The molecule has 3 rings (SSSR count). The lowest BCUT2D eigenvalue weighted by molar-refractivity contribution is 0.531. The van der Waals surface area contributed by atoms with Gasteiger partial charge in [0, 0.05) is 18.7 Å². The molecule has 1 unspecified atom stereocenters. The van der Waals surface area contributed by atoms with Crippen molar-refractivity contribution in [3.8, 4) is 6.07 Å². The topological polar surface area (TPSA) is 67.8 Å². The highest BCUT2D eigenvalue weighted by atomic mass is 16.2. The Hall–Kier alpha value is -3.39. The van der Waals surface area contributed by atoms with Gasteiger partial charge in [-0.25, -0.2) is 4.79 Å². The Bertz CT molecular complexity index is 999. The second-order valence-corrected chi connectivity index (χ2v) is 5.75. The Morgan fingerprint density at radius 1 is 0.880 bits per heavy atom. The number of nitriles is 1. The van der Waals surface area contributed by atoms with Gasteiger partial charge in [0.15, 0.2) is 0 Å². The van der Waals surface area contributed by atoms with Crippen LogP contribution in [0.1, 0.15) is 17.2 Å². The van der Waals surface area contributed by atoms with Gasteiger partial charge in [0.25, 0.3) is 5.56 Å². The lowest BCUT2D eigenvalue weighted by Gasteiger charge is -2.15. The predicted molar refractivity (Wildman–Crippen MR) is 95.3 cm³/mol. The molecule has 25 heavy (non-hydrogen) atoms. The fourth-order valence-corrected chi connectivity index (χ4v) is 2.72. The molecule has 5 nitrogen and oxygen atoms in total. The van der Waals surface area contributed by atoms with Crippen molar-refractivity contribution < 1.29 is 0 Å². The minimum atomic E-state index is -0.669. The molecule has 0 bridgehead atoms. The first-order valence-corrected chi connectivity index (χ1v) is 7.98. The molecule has 1 heterocycles. The molecule has 0 radical (unpaired) electrons. The Labute approximate surface area is 145 Å². The molecule has 0 saturated heterocycles. The summed E-state index contributed by atoms with van der Waals surface area (Å²) in [5.41, 5.74) is 0.970. The van der Waals surface area contributed by atoms with Gasteiger partial charge in [-0.1, -0.05) is 60.7 Å². The zero-order valence-corrected chi connectivity index (χ0v) is 13.6. The van der Waals surface area contributed by atoms with Gasteiger partial charge in [-0.15, -0.1) is 0 Å². The summed E-state index contributed by atoms with van der Waals surface area (Å²) in [6.45, 7) is 0.183. The van der Waals surface area contributed by atoms with Crippen LogP contribution in [0.4, 0.5) is 0 Å². The summed E-state index contributed by atoms with van der Waals surface area (Å²) in [5.74, 6) is 0. The monoisotopic (exact) mass is 331 g/mol. The van der Waals surface area contributed by atoms with Crippen LogP contribution in [0.15, 0.2) is 82.5 Å². The Balaban J connectivity index is 1.97. The second kappa shape index (κ2) is 7.45. The summed E-state index contributed by atoms with van der Waals surface area (Å²) in [5, 5.41) is 9.52. The molecule has 0 fully saturated rings. The van der Waals surface area contributed by atoms with Crippen molar-refractivity contribution in [2.45, 2.75) is 19.0 Å². The summed E-state index contributed by atoms with van der Waals surface area (Å²) < 4.78 is 2.49. The van der Waals surface area contributed by atoms with E-state index in [4.69, 9.17) is 0 Å². The minimum Gasteiger partial charge on any atom is -0.284 e. The second-order valence-electron chi connectivity index (χ2n) is 5.75. The lowest BCUT2D eigenvalue weighted by Crippen LogP contribution is -2.40. The summed E-state index contributed by atoms with van der Waals surface area (Å²) in [4.78, 5) is 24.9. The quantitative estimate of drug-likeness (QED) is 0.721. The standard InChI is InChI=1S/C20H17N3O2/c21-14-18(13-16-7-3-1-4-8-16)22-12-11-19(24)23(20(22)25)15-17-9-5-2-6-10-17/h1-12,18H,13,15H2. The van der Waals surface area contributed by atoms with E-state index in [9.17, 15) is 14.9 Å². The molecule has 0 aliphatic carbocycles. The van der Waals surface area contributed by atoms with Crippen LogP contribution >= 0.6 is 0 Å². The van der Waals surface area contributed by atoms with Crippen molar-refractivity contribution in [1.29, 1.82) is 5.26 Å². The fraction of sp³-hybridized carbons (Fsp3) is 0.150. The van der Waals surface area contributed by atoms with Crippen LogP contribution in [-0.2, 0) is 13.0 Å². The SMILES string of the molecule is N#CC(Cc1ccccc1)n1ccc(=O)n(Cc2ccccc2)c1=O. The van der Waals surface area contributed by atoms with Crippen LogP contribution in [0.5, 0.6) is 0 Å². The van der Waals surface area contributed by atoms with E-state index in [0.29, 0.717) is 6.42 Å². The third-order valence-corrected chi connectivity index (χ3v) is 4.04. The van der Waals surface area contributed by atoms with E-state index in [-0.39, 0.29) is 12.1 Å². The number of rotatable bonds is 5. The summed E-state index contributed by atoms with van der Waals surface area (Å²) in [6.07, 6.45) is 1.81. The number of aromatic nitrogens is 2. The maximum Gasteiger partial charge on any atom is 0.332 e. The van der Waals surface area contributed by atoms with Gasteiger partial charge in [-0.3, -0.25) is 13.9 Å². The van der Waals surface area contributed by atoms with Gasteiger partial charge in [0.05, 0.1) is 12.6 Å². The van der Waals surface area contributed by atoms with Gasteiger partial charge in [0.2, 0.25) is 0 Å². The molecular formula is C20H17N3O2. The predicted octanol–water partition coefficient (Wildman–Crippen LogP) is 2.37. The molecule has 2 aromatic carbocycles. The largest absolute Gasteiger partial charge is 0.332 e. The molecule has 0 saturated carbocycles. The minimum absolute atomic E-state index is 0.183. The highest BCUT2D eigenvalue weighted by Crippen LogP contribution is 2.11. The Kier molecular flexibility index (Phi) is 4.91. The van der Waals surface area contributed by atoms with Crippen LogP contribution in [0, 0.1) is 11.3 Å². The van der Waals surface area contributed by atoms with Crippen molar-refractivity contribution in [3.05, 3.63) is 105 Å². The first-order valence-electron chi connectivity index (χ1n) is 7.98. The summed E-state index contributed by atoms with van der Waals surface area (Å²) >= 11 is 0. The number of hydrogen-bond donors (Lipinski definition) is 0. The van der Waals surface area contributed by atoms with Crippen molar-refractivity contribution in [1.82, 2.24) is 9.13 Å².